The molecule has 2 atom stereocenters. The van der Waals surface area contributed by atoms with Gasteiger partial charge in [-0.15, -0.1) is 11.6 Å². The molecular formula is C12H22ClNO2. The van der Waals surface area contributed by atoms with Crippen LogP contribution in [0.3, 0.4) is 0 Å². The van der Waals surface area contributed by atoms with Crippen LogP contribution < -0.4 is 5.32 Å². The minimum absolute atomic E-state index is 0.00523. The molecule has 3 nitrogen and oxygen atoms in total. The van der Waals surface area contributed by atoms with E-state index in [2.05, 4.69) is 12.2 Å². The molecule has 4 heteroatoms. The van der Waals surface area contributed by atoms with Gasteiger partial charge in [-0.05, 0) is 25.2 Å². The van der Waals surface area contributed by atoms with Crippen molar-refractivity contribution in [2.75, 3.05) is 12.5 Å². The van der Waals surface area contributed by atoms with Crippen molar-refractivity contribution in [1.29, 1.82) is 0 Å². The summed E-state index contributed by atoms with van der Waals surface area (Å²) in [6.07, 6.45) is 2.37. The fourth-order valence-corrected chi connectivity index (χ4v) is 2.46. The number of amides is 1. The first-order valence-electron chi connectivity index (χ1n) is 6.08. The fraction of sp³-hybridized carbons (Fsp3) is 0.917. The average molecular weight is 248 g/mol. The maximum Gasteiger partial charge on any atom is 0.249 e. The van der Waals surface area contributed by atoms with Gasteiger partial charge in [0.15, 0.2) is 0 Å². The molecular weight excluding hydrogens is 226 g/mol. The predicted molar refractivity (Wildman–Crippen MR) is 65.7 cm³/mol. The van der Waals surface area contributed by atoms with Crippen LogP contribution in [0.4, 0.5) is 0 Å². The highest BCUT2D eigenvalue weighted by atomic mass is 35.5. The van der Waals surface area contributed by atoms with Gasteiger partial charge in [-0.3, -0.25) is 4.79 Å². The van der Waals surface area contributed by atoms with Crippen LogP contribution in [0.2, 0.25) is 0 Å². The van der Waals surface area contributed by atoms with E-state index in [1.54, 1.807) is 0 Å². The SMILES string of the molecule is CCC(CC)(CCl)NC(=O)C1OCCC1C. The number of carbonyl (C=O) groups excluding carboxylic acids is 1. The van der Waals surface area contributed by atoms with Crippen molar-refractivity contribution in [2.24, 2.45) is 5.92 Å². The molecule has 1 N–H and O–H groups in total. The number of ether oxygens (including phenoxy) is 1. The molecule has 1 fully saturated rings. The third-order valence-corrected chi connectivity index (χ3v) is 4.16. The zero-order chi connectivity index (χ0) is 12.2. The lowest BCUT2D eigenvalue weighted by Crippen LogP contribution is -2.53. The molecule has 1 rings (SSSR count). The summed E-state index contributed by atoms with van der Waals surface area (Å²) in [6, 6.07) is 0. The Bertz CT molecular complexity index is 233. The van der Waals surface area contributed by atoms with Crippen LogP contribution in [0.1, 0.15) is 40.0 Å². The van der Waals surface area contributed by atoms with Gasteiger partial charge in [-0.2, -0.15) is 0 Å². The molecule has 1 saturated heterocycles. The highest BCUT2D eigenvalue weighted by Gasteiger charge is 2.35. The molecule has 0 aromatic heterocycles. The van der Waals surface area contributed by atoms with Gasteiger partial charge in [-0.25, -0.2) is 0 Å². The van der Waals surface area contributed by atoms with Gasteiger partial charge in [0, 0.05) is 12.5 Å². The van der Waals surface area contributed by atoms with Crippen molar-refractivity contribution in [3.63, 3.8) is 0 Å². The van der Waals surface area contributed by atoms with E-state index in [0.29, 0.717) is 18.4 Å². The number of alkyl halides is 1. The second-order valence-electron chi connectivity index (χ2n) is 4.67. The Morgan fingerprint density at radius 1 is 1.50 bits per heavy atom. The molecule has 0 saturated carbocycles. The molecule has 94 valence electrons. The zero-order valence-electron chi connectivity index (χ0n) is 10.4. The van der Waals surface area contributed by atoms with Crippen LogP contribution in [0.5, 0.6) is 0 Å². The molecule has 1 aliphatic heterocycles. The van der Waals surface area contributed by atoms with Gasteiger partial charge in [0.05, 0.1) is 5.54 Å². The van der Waals surface area contributed by atoms with Gasteiger partial charge in [0.1, 0.15) is 6.10 Å². The maximum absolute atomic E-state index is 12.1. The van der Waals surface area contributed by atoms with Crippen LogP contribution in [0, 0.1) is 5.92 Å². The van der Waals surface area contributed by atoms with Crippen LogP contribution in [-0.2, 0) is 9.53 Å². The minimum atomic E-state index is -0.291. The largest absolute Gasteiger partial charge is 0.368 e. The van der Waals surface area contributed by atoms with Crippen molar-refractivity contribution >= 4 is 17.5 Å². The summed E-state index contributed by atoms with van der Waals surface area (Å²) in [4.78, 5) is 12.1. The molecule has 0 radical (unpaired) electrons. The third-order valence-electron chi connectivity index (χ3n) is 3.64. The molecule has 1 aliphatic rings. The normalized spacial score (nSPS) is 25.8. The Kier molecular flexibility index (Phi) is 5.06. The first kappa shape index (κ1) is 13.8. The summed E-state index contributed by atoms with van der Waals surface area (Å²) in [5.74, 6) is 0.753. The third kappa shape index (κ3) is 2.89. The second-order valence-corrected chi connectivity index (χ2v) is 4.93. The molecule has 1 amide bonds. The van der Waals surface area contributed by atoms with E-state index in [1.165, 1.54) is 0 Å². The van der Waals surface area contributed by atoms with Crippen LogP contribution >= 0.6 is 11.6 Å². The maximum atomic E-state index is 12.1. The summed E-state index contributed by atoms with van der Waals surface area (Å²) < 4.78 is 5.45. The van der Waals surface area contributed by atoms with E-state index in [4.69, 9.17) is 16.3 Å². The lowest BCUT2D eigenvalue weighted by molar-refractivity contribution is -0.133. The number of hydrogen-bond acceptors (Lipinski definition) is 2. The van der Waals surface area contributed by atoms with E-state index in [0.717, 1.165) is 19.3 Å². The molecule has 0 bridgehead atoms. The summed E-state index contributed by atoms with van der Waals surface area (Å²) >= 11 is 5.96. The standard InChI is InChI=1S/C12H22ClNO2/c1-4-12(5-2,8-13)14-11(15)10-9(3)6-7-16-10/h9-10H,4-8H2,1-3H3,(H,14,15). The fourth-order valence-electron chi connectivity index (χ4n) is 2.01. The van der Waals surface area contributed by atoms with Crippen molar-refractivity contribution < 1.29 is 9.53 Å². The Morgan fingerprint density at radius 3 is 2.50 bits per heavy atom. The van der Waals surface area contributed by atoms with Gasteiger partial charge >= 0.3 is 0 Å². The number of carbonyl (C=O) groups is 1. The number of rotatable bonds is 5. The number of hydrogen-bond donors (Lipinski definition) is 1. The Hall–Kier alpha value is -0.280. The van der Waals surface area contributed by atoms with E-state index in [-0.39, 0.29) is 17.6 Å². The van der Waals surface area contributed by atoms with Gasteiger partial charge in [0.25, 0.3) is 0 Å². The summed E-state index contributed by atoms with van der Waals surface area (Å²) in [7, 11) is 0. The lowest BCUT2D eigenvalue weighted by atomic mass is 9.94. The Balaban J connectivity index is 2.61. The highest BCUT2D eigenvalue weighted by Crippen LogP contribution is 2.23. The zero-order valence-corrected chi connectivity index (χ0v) is 11.1. The Morgan fingerprint density at radius 2 is 2.12 bits per heavy atom. The van der Waals surface area contributed by atoms with Gasteiger partial charge < -0.3 is 10.1 Å². The second kappa shape index (κ2) is 5.87. The topological polar surface area (TPSA) is 38.3 Å². The predicted octanol–water partition coefficient (Wildman–Crippen LogP) is 2.33. The molecule has 16 heavy (non-hydrogen) atoms. The monoisotopic (exact) mass is 247 g/mol. The van der Waals surface area contributed by atoms with Crippen molar-refractivity contribution in [1.82, 2.24) is 5.32 Å². The molecule has 1 heterocycles. The molecule has 0 aliphatic carbocycles. The van der Waals surface area contributed by atoms with E-state index in [1.807, 2.05) is 13.8 Å². The lowest BCUT2D eigenvalue weighted by Gasteiger charge is -2.32. The van der Waals surface area contributed by atoms with Crippen molar-refractivity contribution in [3.8, 4) is 0 Å². The van der Waals surface area contributed by atoms with Gasteiger partial charge in [-0.1, -0.05) is 20.8 Å². The van der Waals surface area contributed by atoms with E-state index >= 15 is 0 Å². The number of nitrogens with one attached hydrogen (secondary N) is 1. The summed E-state index contributed by atoms with van der Waals surface area (Å²) in [6.45, 7) is 6.83. The molecule has 0 spiro atoms. The van der Waals surface area contributed by atoms with Crippen LogP contribution in [-0.4, -0.2) is 30.0 Å². The first-order valence-corrected chi connectivity index (χ1v) is 6.61. The van der Waals surface area contributed by atoms with Crippen LogP contribution in [0.25, 0.3) is 0 Å². The van der Waals surface area contributed by atoms with Crippen molar-refractivity contribution in [2.45, 2.75) is 51.7 Å². The number of halogens is 1. The highest BCUT2D eigenvalue weighted by molar-refractivity contribution is 6.18. The molecule has 0 aromatic carbocycles. The summed E-state index contributed by atoms with van der Waals surface area (Å²) in [5, 5.41) is 3.06. The minimum Gasteiger partial charge on any atom is -0.368 e. The van der Waals surface area contributed by atoms with Crippen molar-refractivity contribution in [3.05, 3.63) is 0 Å². The van der Waals surface area contributed by atoms with E-state index in [9.17, 15) is 4.79 Å². The summed E-state index contributed by atoms with van der Waals surface area (Å²) in [5.41, 5.74) is -0.274. The first-order chi connectivity index (χ1) is 7.58. The van der Waals surface area contributed by atoms with Crippen LogP contribution in [0.15, 0.2) is 0 Å². The smallest absolute Gasteiger partial charge is 0.249 e. The molecule has 2 unspecified atom stereocenters. The average Bonchev–Trinajstić information content (AvgIpc) is 2.72. The van der Waals surface area contributed by atoms with Gasteiger partial charge in [0.2, 0.25) is 5.91 Å². The molecule has 0 aromatic rings. The van der Waals surface area contributed by atoms with E-state index < -0.39 is 0 Å². The Labute approximate surface area is 103 Å². The quantitative estimate of drug-likeness (QED) is 0.758.